The molecular formula is C32H47NO4. The van der Waals surface area contributed by atoms with E-state index in [0.717, 1.165) is 58.2 Å². The van der Waals surface area contributed by atoms with Crippen LogP contribution in [-0.4, -0.2) is 48.6 Å². The van der Waals surface area contributed by atoms with Crippen LogP contribution in [0.4, 0.5) is 0 Å². The molecule has 0 saturated carbocycles. The first kappa shape index (κ1) is 29.4. The molecule has 2 heterocycles. The molecule has 4 atom stereocenters. The van der Waals surface area contributed by atoms with Crippen molar-refractivity contribution in [3.63, 3.8) is 0 Å². The molecule has 2 aliphatic heterocycles. The number of hydroxylamine groups is 2. The normalized spacial score (nSPS) is 22.8. The number of hydrogen-bond donors (Lipinski definition) is 1. The van der Waals surface area contributed by atoms with E-state index in [4.69, 9.17) is 9.47 Å². The van der Waals surface area contributed by atoms with Crippen molar-refractivity contribution in [2.75, 3.05) is 20.3 Å². The Balaban J connectivity index is 1.26. The summed E-state index contributed by atoms with van der Waals surface area (Å²) < 4.78 is 12.1. The first-order chi connectivity index (χ1) is 17.9. The molecule has 0 aromatic heterocycles. The number of benzene rings is 1. The second kappa shape index (κ2) is 15.3. The summed E-state index contributed by atoms with van der Waals surface area (Å²) in [4.78, 5) is 12.1. The average molecular weight is 510 g/mol. The Hall–Kier alpha value is -2.13. The standard InChI is InChI=1S/C32H47NO4/c1-32(2,31(34)33(3)35)23-13-7-11-19-27-28(30-22-21-29(27)37-30)20-12-15-25-36-24-14-5-4-8-16-26-17-9-6-10-18-26/h6-7,9-11,17-18,27-30,35H,8,12-16,19-25H2,1-3H3/t27-,28+,29-,30+/m0/s1. The summed E-state index contributed by atoms with van der Waals surface area (Å²) in [5, 5.41) is 10.1. The molecule has 2 bridgehead atoms. The van der Waals surface area contributed by atoms with Crippen molar-refractivity contribution in [3.05, 3.63) is 48.0 Å². The van der Waals surface area contributed by atoms with Crippen LogP contribution < -0.4 is 0 Å². The van der Waals surface area contributed by atoms with Crippen molar-refractivity contribution in [2.45, 2.75) is 96.7 Å². The maximum atomic E-state index is 12.1. The van der Waals surface area contributed by atoms with Crippen LogP contribution in [-0.2, 0) is 20.7 Å². The van der Waals surface area contributed by atoms with Crippen molar-refractivity contribution >= 4 is 5.91 Å². The van der Waals surface area contributed by atoms with Gasteiger partial charge in [0.1, 0.15) is 0 Å². The lowest BCUT2D eigenvalue weighted by Gasteiger charge is -2.27. The Morgan fingerprint density at radius 3 is 2.57 bits per heavy atom. The average Bonchev–Trinajstić information content (AvgIpc) is 3.49. The van der Waals surface area contributed by atoms with E-state index in [-0.39, 0.29) is 5.91 Å². The summed E-state index contributed by atoms with van der Waals surface area (Å²) in [5.41, 5.74) is 0.791. The molecular weight excluding hydrogens is 462 g/mol. The SMILES string of the molecule is CN(O)C(=O)C(C)(C)CCC=CC[C@H]1[C@@H](CCCCOCCC#CCCc2ccccc2)[C@H]2CC[C@@H]1O2. The molecule has 1 aromatic carbocycles. The number of amides is 1. The molecule has 2 fully saturated rings. The third-order valence-electron chi connectivity index (χ3n) is 7.93. The van der Waals surface area contributed by atoms with Crippen LogP contribution in [0.1, 0.15) is 83.6 Å². The Kier molecular flexibility index (Phi) is 12.2. The number of rotatable bonds is 15. The number of nitrogens with zero attached hydrogens (tertiary/aromatic N) is 1. The van der Waals surface area contributed by atoms with Crippen LogP contribution >= 0.6 is 0 Å². The highest BCUT2D eigenvalue weighted by molar-refractivity contribution is 5.80. The molecule has 2 aliphatic rings. The van der Waals surface area contributed by atoms with E-state index in [1.807, 2.05) is 19.9 Å². The molecule has 3 rings (SSSR count). The van der Waals surface area contributed by atoms with Gasteiger partial charge in [0.15, 0.2) is 0 Å². The van der Waals surface area contributed by atoms with Crippen molar-refractivity contribution < 1.29 is 19.5 Å². The van der Waals surface area contributed by atoms with E-state index in [2.05, 4.69) is 48.3 Å². The van der Waals surface area contributed by atoms with Crippen LogP contribution in [0, 0.1) is 29.1 Å². The minimum absolute atomic E-state index is 0.238. The number of hydrogen-bond acceptors (Lipinski definition) is 4. The van der Waals surface area contributed by atoms with Crippen LogP contribution in [0.25, 0.3) is 0 Å². The van der Waals surface area contributed by atoms with Gasteiger partial charge in [0.2, 0.25) is 0 Å². The van der Waals surface area contributed by atoms with E-state index >= 15 is 0 Å². The summed E-state index contributed by atoms with van der Waals surface area (Å²) in [6, 6.07) is 10.5. The monoisotopic (exact) mass is 509 g/mol. The Morgan fingerprint density at radius 1 is 1.08 bits per heavy atom. The van der Waals surface area contributed by atoms with Gasteiger partial charge < -0.3 is 9.47 Å². The van der Waals surface area contributed by atoms with E-state index in [1.54, 1.807) is 0 Å². The zero-order valence-electron chi connectivity index (χ0n) is 23.2. The summed E-state index contributed by atoms with van der Waals surface area (Å²) in [6.45, 7) is 5.32. The lowest BCUT2D eigenvalue weighted by atomic mass is 9.75. The number of ether oxygens (including phenoxy) is 2. The predicted octanol–water partition coefficient (Wildman–Crippen LogP) is 6.59. The Bertz CT molecular complexity index is 898. The highest BCUT2D eigenvalue weighted by Crippen LogP contribution is 2.47. The molecule has 5 heteroatoms. The van der Waals surface area contributed by atoms with Crippen molar-refractivity contribution in [3.8, 4) is 11.8 Å². The molecule has 0 radical (unpaired) electrons. The van der Waals surface area contributed by atoms with Gasteiger partial charge in [0.25, 0.3) is 5.91 Å². The van der Waals surface area contributed by atoms with Crippen molar-refractivity contribution in [1.29, 1.82) is 0 Å². The number of carbonyl (C=O) groups excluding carboxylic acids is 1. The van der Waals surface area contributed by atoms with Crippen LogP contribution in [0.3, 0.4) is 0 Å². The van der Waals surface area contributed by atoms with Crippen molar-refractivity contribution in [1.82, 2.24) is 5.06 Å². The van der Waals surface area contributed by atoms with Gasteiger partial charge in [0.05, 0.1) is 18.8 Å². The molecule has 204 valence electrons. The first-order valence-corrected chi connectivity index (χ1v) is 14.2. The fourth-order valence-electron chi connectivity index (χ4n) is 5.80. The number of fused-ring (bicyclic) bond motifs is 2. The number of unbranched alkanes of at least 4 members (excludes halogenated alkanes) is 1. The molecule has 0 aliphatic carbocycles. The maximum Gasteiger partial charge on any atom is 0.251 e. The molecule has 2 saturated heterocycles. The minimum Gasteiger partial charge on any atom is -0.380 e. The van der Waals surface area contributed by atoms with Gasteiger partial charge in [0, 0.05) is 31.9 Å². The van der Waals surface area contributed by atoms with E-state index < -0.39 is 5.41 Å². The molecule has 1 amide bonds. The van der Waals surface area contributed by atoms with Gasteiger partial charge >= 0.3 is 0 Å². The Morgan fingerprint density at radius 2 is 1.81 bits per heavy atom. The fourth-order valence-corrected chi connectivity index (χ4v) is 5.80. The van der Waals surface area contributed by atoms with Gasteiger partial charge in [-0.05, 0) is 68.8 Å². The molecule has 5 nitrogen and oxygen atoms in total. The van der Waals surface area contributed by atoms with Gasteiger partial charge in [-0.2, -0.15) is 0 Å². The van der Waals surface area contributed by atoms with Gasteiger partial charge in [-0.25, -0.2) is 5.06 Å². The highest BCUT2D eigenvalue weighted by Gasteiger charge is 2.47. The molecule has 0 unspecified atom stereocenters. The largest absolute Gasteiger partial charge is 0.380 e. The smallest absolute Gasteiger partial charge is 0.251 e. The number of aryl methyl sites for hydroxylation is 1. The van der Waals surface area contributed by atoms with Gasteiger partial charge in [-0.15, -0.1) is 11.8 Å². The fraction of sp³-hybridized carbons (Fsp3) is 0.656. The van der Waals surface area contributed by atoms with Crippen molar-refractivity contribution in [2.24, 2.45) is 17.3 Å². The van der Waals surface area contributed by atoms with E-state index in [1.165, 1.54) is 38.3 Å². The van der Waals surface area contributed by atoms with Gasteiger partial charge in [-0.1, -0.05) is 62.8 Å². The summed E-state index contributed by atoms with van der Waals surface area (Å²) in [5.74, 6) is 7.52. The van der Waals surface area contributed by atoms with Gasteiger partial charge in [-0.3, -0.25) is 10.0 Å². The van der Waals surface area contributed by atoms with E-state index in [0.29, 0.717) is 29.1 Å². The minimum atomic E-state index is -0.553. The zero-order valence-corrected chi connectivity index (χ0v) is 23.2. The second-order valence-corrected chi connectivity index (χ2v) is 11.3. The molecule has 37 heavy (non-hydrogen) atoms. The molecule has 0 spiro atoms. The number of allylic oxidation sites excluding steroid dienone is 2. The van der Waals surface area contributed by atoms with Crippen LogP contribution in [0.15, 0.2) is 42.5 Å². The second-order valence-electron chi connectivity index (χ2n) is 11.3. The lowest BCUT2D eigenvalue weighted by Crippen LogP contribution is -2.36. The number of carbonyl (C=O) groups is 1. The van der Waals surface area contributed by atoms with Crippen LogP contribution in [0.2, 0.25) is 0 Å². The summed E-state index contributed by atoms with van der Waals surface area (Å²) >= 11 is 0. The summed E-state index contributed by atoms with van der Waals surface area (Å²) in [6.07, 6.45) is 16.6. The quantitative estimate of drug-likeness (QED) is 0.0952. The predicted molar refractivity (Wildman–Crippen MR) is 148 cm³/mol. The first-order valence-electron chi connectivity index (χ1n) is 14.2. The maximum absolute atomic E-state index is 12.1. The third kappa shape index (κ3) is 9.60. The summed E-state index contributed by atoms with van der Waals surface area (Å²) in [7, 11) is 1.39. The van der Waals surface area contributed by atoms with E-state index in [9.17, 15) is 10.0 Å². The topological polar surface area (TPSA) is 59.0 Å². The zero-order chi connectivity index (χ0) is 26.5. The molecule has 1 aromatic rings. The van der Waals surface area contributed by atoms with Crippen LogP contribution in [0.5, 0.6) is 0 Å². The lowest BCUT2D eigenvalue weighted by molar-refractivity contribution is -0.169. The third-order valence-corrected chi connectivity index (χ3v) is 7.93. The Labute approximate surface area is 224 Å². The highest BCUT2D eigenvalue weighted by atomic mass is 16.5. The molecule has 1 N–H and O–H groups in total.